The van der Waals surface area contributed by atoms with E-state index < -0.39 is 11.6 Å². The molecular formula is C14H11BrF2N2O. The average Bonchev–Trinajstić information content (AvgIpc) is 2.39. The van der Waals surface area contributed by atoms with Crippen molar-refractivity contribution in [3.05, 3.63) is 63.6 Å². The molecule has 6 heteroatoms. The number of ether oxygens (including phenoxy) is 1. The molecule has 3 nitrogen and oxygen atoms in total. The summed E-state index contributed by atoms with van der Waals surface area (Å²) < 4.78 is 32.8. The molecule has 2 aromatic carbocycles. The number of benzene rings is 2. The van der Waals surface area contributed by atoms with Crippen LogP contribution in [-0.2, 0) is 6.61 Å². The van der Waals surface area contributed by atoms with Crippen LogP contribution in [0.5, 0.6) is 5.75 Å². The third-order valence-electron chi connectivity index (χ3n) is 2.56. The van der Waals surface area contributed by atoms with Gasteiger partial charge in [-0.25, -0.2) is 8.78 Å². The van der Waals surface area contributed by atoms with Gasteiger partial charge in [0.1, 0.15) is 18.3 Å². The molecule has 0 radical (unpaired) electrons. The van der Waals surface area contributed by atoms with E-state index in [1.807, 2.05) is 0 Å². The summed E-state index contributed by atoms with van der Waals surface area (Å²) in [6.45, 7) is -0.0224. The highest BCUT2D eigenvalue weighted by Gasteiger charge is 2.07. The molecule has 0 aliphatic rings. The molecule has 0 aliphatic carbocycles. The molecule has 20 heavy (non-hydrogen) atoms. The maximum atomic E-state index is 13.5. The van der Waals surface area contributed by atoms with Gasteiger partial charge in [0.25, 0.3) is 0 Å². The molecule has 104 valence electrons. The third-order valence-corrected chi connectivity index (χ3v) is 3.05. The molecule has 0 amide bonds. The van der Waals surface area contributed by atoms with Gasteiger partial charge >= 0.3 is 0 Å². The SMILES string of the molecule is N=C(N)c1cc(F)cc(COc2cc(Br)ccc2F)c1. The van der Waals surface area contributed by atoms with E-state index in [2.05, 4.69) is 15.9 Å². The lowest BCUT2D eigenvalue weighted by atomic mass is 10.1. The van der Waals surface area contributed by atoms with Gasteiger partial charge in [-0.1, -0.05) is 15.9 Å². The van der Waals surface area contributed by atoms with Crippen LogP contribution < -0.4 is 10.5 Å². The molecule has 0 aromatic heterocycles. The Morgan fingerprint density at radius 3 is 2.65 bits per heavy atom. The van der Waals surface area contributed by atoms with Crippen molar-refractivity contribution >= 4 is 21.8 Å². The smallest absolute Gasteiger partial charge is 0.165 e. The van der Waals surface area contributed by atoms with E-state index in [0.29, 0.717) is 10.0 Å². The summed E-state index contributed by atoms with van der Waals surface area (Å²) in [6, 6.07) is 8.25. The molecule has 0 fully saturated rings. The van der Waals surface area contributed by atoms with Gasteiger partial charge in [-0.15, -0.1) is 0 Å². The Hall–Kier alpha value is -1.95. The molecule has 2 rings (SSSR count). The van der Waals surface area contributed by atoms with Crippen LogP contribution in [0.2, 0.25) is 0 Å². The summed E-state index contributed by atoms with van der Waals surface area (Å²) in [5, 5.41) is 7.29. The van der Waals surface area contributed by atoms with E-state index in [4.69, 9.17) is 15.9 Å². The van der Waals surface area contributed by atoms with Crippen molar-refractivity contribution < 1.29 is 13.5 Å². The van der Waals surface area contributed by atoms with Crippen LogP contribution in [0.15, 0.2) is 40.9 Å². The van der Waals surface area contributed by atoms with Crippen molar-refractivity contribution in [3.8, 4) is 5.75 Å². The summed E-state index contributed by atoms with van der Waals surface area (Å²) in [5.41, 5.74) is 6.04. The minimum atomic E-state index is -0.522. The Morgan fingerprint density at radius 2 is 1.95 bits per heavy atom. The van der Waals surface area contributed by atoms with Crippen LogP contribution >= 0.6 is 15.9 Å². The maximum Gasteiger partial charge on any atom is 0.165 e. The largest absolute Gasteiger partial charge is 0.486 e. The lowest BCUT2D eigenvalue weighted by Crippen LogP contribution is -2.12. The Balaban J connectivity index is 2.18. The second kappa shape index (κ2) is 6.00. The Labute approximate surface area is 123 Å². The number of amidine groups is 1. The van der Waals surface area contributed by atoms with Gasteiger partial charge in [0.2, 0.25) is 0 Å². The van der Waals surface area contributed by atoms with Gasteiger partial charge in [0, 0.05) is 10.0 Å². The molecular weight excluding hydrogens is 330 g/mol. The first-order valence-corrected chi connectivity index (χ1v) is 6.47. The number of hydrogen-bond donors (Lipinski definition) is 2. The Morgan fingerprint density at radius 1 is 1.20 bits per heavy atom. The Bertz CT molecular complexity index is 662. The number of nitrogens with one attached hydrogen (secondary N) is 1. The normalized spacial score (nSPS) is 10.3. The van der Waals surface area contributed by atoms with Crippen LogP contribution in [0.3, 0.4) is 0 Å². The molecule has 0 atom stereocenters. The van der Waals surface area contributed by atoms with Crippen molar-refractivity contribution in [2.24, 2.45) is 5.73 Å². The second-order valence-electron chi connectivity index (χ2n) is 4.13. The van der Waals surface area contributed by atoms with Gasteiger partial charge in [-0.05, 0) is 42.0 Å². The molecule has 0 unspecified atom stereocenters. The van der Waals surface area contributed by atoms with Crippen LogP contribution in [0.1, 0.15) is 11.1 Å². The molecule has 0 aliphatic heterocycles. The predicted molar refractivity (Wildman–Crippen MR) is 75.8 cm³/mol. The van der Waals surface area contributed by atoms with Crippen molar-refractivity contribution in [2.75, 3.05) is 0 Å². The zero-order valence-corrected chi connectivity index (χ0v) is 11.9. The summed E-state index contributed by atoms with van der Waals surface area (Å²) in [5.74, 6) is -1.20. The fraction of sp³-hybridized carbons (Fsp3) is 0.0714. The summed E-state index contributed by atoms with van der Waals surface area (Å²) >= 11 is 3.21. The fourth-order valence-corrected chi connectivity index (χ4v) is 1.98. The van der Waals surface area contributed by atoms with Crippen molar-refractivity contribution in [1.29, 1.82) is 5.41 Å². The summed E-state index contributed by atoms with van der Waals surface area (Å²) in [4.78, 5) is 0. The first-order valence-electron chi connectivity index (χ1n) is 5.67. The van der Waals surface area contributed by atoms with E-state index >= 15 is 0 Å². The van der Waals surface area contributed by atoms with E-state index in [-0.39, 0.29) is 23.8 Å². The minimum absolute atomic E-state index is 0.0224. The average molecular weight is 341 g/mol. The zero-order valence-electron chi connectivity index (χ0n) is 10.3. The van der Waals surface area contributed by atoms with Gasteiger partial charge < -0.3 is 10.5 Å². The zero-order chi connectivity index (χ0) is 14.7. The lowest BCUT2D eigenvalue weighted by molar-refractivity contribution is 0.289. The van der Waals surface area contributed by atoms with Gasteiger partial charge in [0.05, 0.1) is 0 Å². The summed E-state index contributed by atoms with van der Waals surface area (Å²) in [7, 11) is 0. The lowest BCUT2D eigenvalue weighted by Gasteiger charge is -2.09. The second-order valence-corrected chi connectivity index (χ2v) is 5.04. The Kier molecular flexibility index (Phi) is 4.34. The van der Waals surface area contributed by atoms with Crippen molar-refractivity contribution in [1.82, 2.24) is 0 Å². The van der Waals surface area contributed by atoms with Crippen LogP contribution in [0.25, 0.3) is 0 Å². The van der Waals surface area contributed by atoms with E-state index in [9.17, 15) is 8.78 Å². The van der Waals surface area contributed by atoms with Crippen LogP contribution in [-0.4, -0.2) is 5.84 Å². The molecule has 0 heterocycles. The highest BCUT2D eigenvalue weighted by molar-refractivity contribution is 9.10. The monoisotopic (exact) mass is 340 g/mol. The third kappa shape index (κ3) is 3.54. The highest BCUT2D eigenvalue weighted by Crippen LogP contribution is 2.23. The maximum absolute atomic E-state index is 13.5. The number of nitrogens with two attached hydrogens (primary N) is 1. The van der Waals surface area contributed by atoms with E-state index in [1.54, 1.807) is 6.07 Å². The number of rotatable bonds is 4. The van der Waals surface area contributed by atoms with E-state index in [0.717, 1.165) is 6.07 Å². The molecule has 0 bridgehead atoms. The summed E-state index contributed by atoms with van der Waals surface area (Å²) in [6.07, 6.45) is 0. The molecule has 0 saturated carbocycles. The highest BCUT2D eigenvalue weighted by atomic mass is 79.9. The molecule has 0 spiro atoms. The van der Waals surface area contributed by atoms with E-state index in [1.165, 1.54) is 24.3 Å². The molecule has 0 saturated heterocycles. The fourth-order valence-electron chi connectivity index (χ4n) is 1.64. The molecule has 2 aromatic rings. The number of halogens is 3. The van der Waals surface area contributed by atoms with Crippen molar-refractivity contribution in [3.63, 3.8) is 0 Å². The first kappa shape index (κ1) is 14.5. The molecule has 3 N–H and O–H groups in total. The van der Waals surface area contributed by atoms with Crippen molar-refractivity contribution in [2.45, 2.75) is 6.61 Å². The first-order chi connectivity index (χ1) is 9.45. The van der Waals surface area contributed by atoms with Gasteiger partial charge in [-0.3, -0.25) is 5.41 Å². The van der Waals surface area contributed by atoms with Crippen LogP contribution in [0, 0.1) is 17.0 Å². The van der Waals surface area contributed by atoms with Crippen LogP contribution in [0.4, 0.5) is 8.78 Å². The van der Waals surface area contributed by atoms with Gasteiger partial charge in [-0.2, -0.15) is 0 Å². The standard InChI is InChI=1S/C14H11BrF2N2O/c15-10-1-2-12(17)13(6-10)20-7-8-3-9(14(18)19)5-11(16)4-8/h1-6H,7H2,(H3,18,19). The van der Waals surface area contributed by atoms with Gasteiger partial charge in [0.15, 0.2) is 11.6 Å². The minimum Gasteiger partial charge on any atom is -0.486 e. The number of hydrogen-bond acceptors (Lipinski definition) is 2. The topological polar surface area (TPSA) is 59.1 Å². The predicted octanol–water partition coefficient (Wildman–Crippen LogP) is 3.59. The quantitative estimate of drug-likeness (QED) is 0.660. The number of nitrogen functional groups attached to an aromatic ring is 1.